The Bertz CT molecular complexity index is 672. The van der Waals surface area contributed by atoms with E-state index in [4.69, 9.17) is 4.74 Å². The maximum Gasteiger partial charge on any atom is 0.254 e. The fourth-order valence-corrected chi connectivity index (χ4v) is 2.74. The first kappa shape index (κ1) is 13.8. The Morgan fingerprint density at radius 2 is 2.29 bits per heavy atom. The van der Waals surface area contributed by atoms with E-state index in [1.54, 1.807) is 19.4 Å². The molecule has 2 aromatic rings. The van der Waals surface area contributed by atoms with Crippen LogP contribution in [-0.2, 0) is 0 Å². The Balaban J connectivity index is 2.01. The number of hydrogen-bond donors (Lipinski definition) is 1. The Morgan fingerprint density at radius 1 is 1.43 bits per heavy atom. The van der Waals surface area contributed by atoms with Crippen molar-refractivity contribution < 1.29 is 9.53 Å². The molecule has 1 atom stereocenters. The summed E-state index contributed by atoms with van der Waals surface area (Å²) < 4.78 is 5.21. The van der Waals surface area contributed by atoms with Crippen LogP contribution >= 0.6 is 0 Å². The fourth-order valence-electron chi connectivity index (χ4n) is 2.74. The molecule has 21 heavy (non-hydrogen) atoms. The number of carbonyl (C=O) groups is 1. The zero-order valence-electron chi connectivity index (χ0n) is 12.3. The van der Waals surface area contributed by atoms with Gasteiger partial charge in [-0.2, -0.15) is 0 Å². The largest absolute Gasteiger partial charge is 0.497 e. The van der Waals surface area contributed by atoms with E-state index < -0.39 is 0 Å². The number of methoxy groups -OCH3 is 1. The number of hydrogen-bond acceptors (Lipinski definition) is 4. The van der Waals surface area contributed by atoms with Crippen molar-refractivity contribution in [1.29, 1.82) is 0 Å². The lowest BCUT2D eigenvalue weighted by molar-refractivity contribution is 0.0657. The van der Waals surface area contributed by atoms with Crippen molar-refractivity contribution in [3.8, 4) is 5.75 Å². The number of amides is 1. The maximum absolute atomic E-state index is 12.8. The average molecular weight is 285 g/mol. The summed E-state index contributed by atoms with van der Waals surface area (Å²) in [5.74, 6) is 0.816. The number of piperazine rings is 1. The van der Waals surface area contributed by atoms with E-state index in [9.17, 15) is 4.79 Å². The van der Waals surface area contributed by atoms with Gasteiger partial charge in [0.2, 0.25) is 0 Å². The lowest BCUT2D eigenvalue weighted by Gasteiger charge is -2.34. The number of ether oxygens (including phenoxy) is 1. The van der Waals surface area contributed by atoms with Crippen molar-refractivity contribution in [2.75, 3.05) is 26.7 Å². The predicted molar refractivity (Wildman–Crippen MR) is 81.7 cm³/mol. The number of rotatable bonds is 2. The average Bonchev–Trinajstić information content (AvgIpc) is 2.53. The van der Waals surface area contributed by atoms with Crippen LogP contribution in [0.4, 0.5) is 0 Å². The third-order valence-electron chi connectivity index (χ3n) is 3.94. The minimum absolute atomic E-state index is 0.0709. The summed E-state index contributed by atoms with van der Waals surface area (Å²) >= 11 is 0. The van der Waals surface area contributed by atoms with Gasteiger partial charge in [-0.3, -0.25) is 9.78 Å². The van der Waals surface area contributed by atoms with Crippen LogP contribution in [0.15, 0.2) is 30.5 Å². The zero-order valence-corrected chi connectivity index (χ0v) is 12.3. The SMILES string of the molecule is COc1ccc2c(C(=O)N3CCNC[C@@H]3C)ccnc2c1. The van der Waals surface area contributed by atoms with Crippen LogP contribution in [-0.4, -0.2) is 48.6 Å². The summed E-state index contributed by atoms with van der Waals surface area (Å²) in [6, 6.07) is 7.62. The summed E-state index contributed by atoms with van der Waals surface area (Å²) in [5.41, 5.74) is 1.49. The Hall–Kier alpha value is -2.14. The molecule has 5 nitrogen and oxygen atoms in total. The molecule has 1 amide bonds. The summed E-state index contributed by atoms with van der Waals surface area (Å²) in [6.07, 6.45) is 1.68. The van der Waals surface area contributed by atoms with Gasteiger partial charge in [0.25, 0.3) is 5.91 Å². The molecular weight excluding hydrogens is 266 g/mol. The first-order chi connectivity index (χ1) is 10.2. The van der Waals surface area contributed by atoms with Crippen molar-refractivity contribution in [2.45, 2.75) is 13.0 Å². The van der Waals surface area contributed by atoms with E-state index >= 15 is 0 Å². The van der Waals surface area contributed by atoms with Gasteiger partial charge in [-0.15, -0.1) is 0 Å². The first-order valence-electron chi connectivity index (χ1n) is 7.15. The van der Waals surface area contributed by atoms with Crippen molar-refractivity contribution in [3.63, 3.8) is 0 Å². The Kier molecular flexibility index (Phi) is 3.75. The number of aromatic nitrogens is 1. The zero-order chi connectivity index (χ0) is 14.8. The second kappa shape index (κ2) is 5.69. The first-order valence-corrected chi connectivity index (χ1v) is 7.15. The van der Waals surface area contributed by atoms with Gasteiger partial charge < -0.3 is 15.0 Å². The highest BCUT2D eigenvalue weighted by molar-refractivity contribution is 6.06. The molecule has 1 aromatic heterocycles. The lowest BCUT2D eigenvalue weighted by Crippen LogP contribution is -2.52. The van der Waals surface area contributed by atoms with Gasteiger partial charge >= 0.3 is 0 Å². The number of benzene rings is 1. The second-order valence-corrected chi connectivity index (χ2v) is 5.29. The quantitative estimate of drug-likeness (QED) is 0.912. The highest BCUT2D eigenvalue weighted by Crippen LogP contribution is 2.23. The molecular formula is C16H19N3O2. The molecule has 1 saturated heterocycles. The van der Waals surface area contributed by atoms with E-state index in [1.165, 1.54) is 0 Å². The van der Waals surface area contributed by atoms with E-state index in [2.05, 4.69) is 17.2 Å². The number of fused-ring (bicyclic) bond motifs is 1. The number of carbonyl (C=O) groups excluding carboxylic acids is 1. The number of pyridine rings is 1. The van der Waals surface area contributed by atoms with E-state index in [-0.39, 0.29) is 11.9 Å². The van der Waals surface area contributed by atoms with Gasteiger partial charge in [0.15, 0.2) is 0 Å². The van der Waals surface area contributed by atoms with Crippen LogP contribution in [0.25, 0.3) is 10.9 Å². The van der Waals surface area contributed by atoms with Crippen molar-refractivity contribution >= 4 is 16.8 Å². The highest BCUT2D eigenvalue weighted by Gasteiger charge is 2.25. The smallest absolute Gasteiger partial charge is 0.254 e. The normalized spacial score (nSPS) is 18.8. The van der Waals surface area contributed by atoms with E-state index in [1.807, 2.05) is 23.1 Å². The van der Waals surface area contributed by atoms with Crippen molar-refractivity contribution in [1.82, 2.24) is 15.2 Å². The molecule has 0 aliphatic carbocycles. The Labute approximate surface area is 123 Å². The third-order valence-corrected chi connectivity index (χ3v) is 3.94. The standard InChI is InChI=1S/C16H19N3O2/c1-11-10-17-7-8-19(11)16(20)14-5-6-18-15-9-12(21-2)3-4-13(14)15/h3-6,9,11,17H,7-8,10H2,1-2H3/t11-/m0/s1. The van der Waals surface area contributed by atoms with Gasteiger partial charge in [0.1, 0.15) is 5.75 Å². The van der Waals surface area contributed by atoms with Crippen LogP contribution in [0.2, 0.25) is 0 Å². The van der Waals surface area contributed by atoms with Gasteiger partial charge in [-0.1, -0.05) is 0 Å². The van der Waals surface area contributed by atoms with Gasteiger partial charge in [0, 0.05) is 43.3 Å². The van der Waals surface area contributed by atoms with Crippen LogP contribution in [0.1, 0.15) is 17.3 Å². The van der Waals surface area contributed by atoms with E-state index in [0.717, 1.165) is 36.3 Å². The second-order valence-electron chi connectivity index (χ2n) is 5.29. The molecule has 0 bridgehead atoms. The molecule has 1 fully saturated rings. The minimum atomic E-state index is 0.0709. The van der Waals surface area contributed by atoms with Gasteiger partial charge in [-0.25, -0.2) is 0 Å². The molecule has 1 N–H and O–H groups in total. The topological polar surface area (TPSA) is 54.5 Å². The van der Waals surface area contributed by atoms with E-state index in [0.29, 0.717) is 5.56 Å². The summed E-state index contributed by atoms with van der Waals surface area (Å²) in [6.45, 7) is 4.48. The third kappa shape index (κ3) is 2.56. The molecule has 2 heterocycles. The molecule has 0 spiro atoms. The lowest BCUT2D eigenvalue weighted by atomic mass is 10.1. The monoisotopic (exact) mass is 285 g/mol. The molecule has 3 rings (SSSR count). The summed E-state index contributed by atoms with van der Waals surface area (Å²) in [4.78, 5) is 19.1. The molecule has 1 aliphatic heterocycles. The summed E-state index contributed by atoms with van der Waals surface area (Å²) in [7, 11) is 1.62. The van der Waals surface area contributed by atoms with Crippen molar-refractivity contribution in [3.05, 3.63) is 36.0 Å². The number of nitrogens with zero attached hydrogens (tertiary/aromatic N) is 2. The molecule has 5 heteroatoms. The van der Waals surface area contributed by atoms with Gasteiger partial charge in [-0.05, 0) is 25.1 Å². The van der Waals surface area contributed by atoms with Crippen LogP contribution in [0.3, 0.4) is 0 Å². The molecule has 1 aliphatic rings. The minimum Gasteiger partial charge on any atom is -0.497 e. The van der Waals surface area contributed by atoms with Crippen LogP contribution in [0.5, 0.6) is 5.75 Å². The van der Waals surface area contributed by atoms with Crippen LogP contribution in [0, 0.1) is 0 Å². The molecule has 0 saturated carbocycles. The van der Waals surface area contributed by atoms with Crippen molar-refractivity contribution in [2.24, 2.45) is 0 Å². The highest BCUT2D eigenvalue weighted by atomic mass is 16.5. The Morgan fingerprint density at radius 3 is 3.05 bits per heavy atom. The molecule has 1 aromatic carbocycles. The predicted octanol–water partition coefficient (Wildman–Crippen LogP) is 1.68. The molecule has 110 valence electrons. The van der Waals surface area contributed by atoms with Crippen LogP contribution < -0.4 is 10.1 Å². The molecule has 0 unspecified atom stereocenters. The summed E-state index contributed by atoms with van der Waals surface area (Å²) in [5, 5.41) is 4.17. The fraction of sp³-hybridized carbons (Fsp3) is 0.375. The number of nitrogens with one attached hydrogen (secondary N) is 1. The maximum atomic E-state index is 12.8. The molecule has 0 radical (unpaired) electrons. The van der Waals surface area contributed by atoms with Gasteiger partial charge in [0.05, 0.1) is 18.2 Å².